The summed E-state index contributed by atoms with van der Waals surface area (Å²) in [5.74, 6) is 0.516. The average Bonchev–Trinajstić information content (AvgIpc) is 2.79. The van der Waals surface area contributed by atoms with Crippen LogP contribution in [-0.2, 0) is 6.42 Å². The van der Waals surface area contributed by atoms with Gasteiger partial charge in [-0.25, -0.2) is 0 Å². The van der Waals surface area contributed by atoms with E-state index in [0.29, 0.717) is 35.4 Å². The van der Waals surface area contributed by atoms with Gasteiger partial charge in [0.2, 0.25) is 5.78 Å². The van der Waals surface area contributed by atoms with Crippen LogP contribution >= 0.6 is 0 Å². The van der Waals surface area contributed by atoms with Crippen molar-refractivity contribution in [3.8, 4) is 5.75 Å². The van der Waals surface area contributed by atoms with E-state index in [1.807, 2.05) is 18.2 Å². The number of ether oxygens (including phenoxy) is 1. The quantitative estimate of drug-likeness (QED) is 0.880. The zero-order valence-corrected chi connectivity index (χ0v) is 12.7. The Labute approximate surface area is 133 Å². The molecule has 4 nitrogen and oxygen atoms in total. The van der Waals surface area contributed by atoms with Gasteiger partial charge in [-0.15, -0.1) is 0 Å². The molecule has 0 aromatic heterocycles. The monoisotopic (exact) mass is 305 g/mol. The predicted molar refractivity (Wildman–Crippen MR) is 86.7 cm³/mol. The van der Waals surface area contributed by atoms with Crippen molar-refractivity contribution in [1.29, 1.82) is 0 Å². The molecule has 0 spiro atoms. The van der Waals surface area contributed by atoms with Crippen molar-refractivity contribution < 1.29 is 14.3 Å². The number of methoxy groups -OCH3 is 1. The molecule has 114 valence electrons. The van der Waals surface area contributed by atoms with Crippen molar-refractivity contribution in [2.24, 2.45) is 0 Å². The highest BCUT2D eigenvalue weighted by Crippen LogP contribution is 2.37. The van der Waals surface area contributed by atoms with Crippen LogP contribution in [0.25, 0.3) is 5.57 Å². The lowest BCUT2D eigenvalue weighted by Crippen LogP contribution is -2.29. The molecule has 2 aliphatic rings. The minimum Gasteiger partial charge on any atom is -0.496 e. The number of nitrogens with one attached hydrogen (secondary N) is 1. The van der Waals surface area contributed by atoms with E-state index in [1.54, 1.807) is 31.4 Å². The Bertz CT molecular complexity index is 880. The highest BCUT2D eigenvalue weighted by molar-refractivity contribution is 6.40. The van der Waals surface area contributed by atoms with Gasteiger partial charge in [-0.2, -0.15) is 0 Å². The van der Waals surface area contributed by atoms with Gasteiger partial charge in [0.15, 0.2) is 5.78 Å². The average molecular weight is 305 g/mol. The molecule has 1 aliphatic heterocycles. The van der Waals surface area contributed by atoms with Gasteiger partial charge in [-0.05, 0) is 18.1 Å². The largest absolute Gasteiger partial charge is 0.496 e. The second kappa shape index (κ2) is 5.09. The Morgan fingerprint density at radius 2 is 1.61 bits per heavy atom. The third-order valence-electron chi connectivity index (χ3n) is 4.42. The molecule has 0 bridgehead atoms. The minimum absolute atomic E-state index is 0.112. The first-order chi connectivity index (χ1) is 11.2. The summed E-state index contributed by atoms with van der Waals surface area (Å²) in [6.45, 7) is 0.591. The number of rotatable bonds is 1. The van der Waals surface area contributed by atoms with Crippen molar-refractivity contribution in [1.82, 2.24) is 5.32 Å². The second-order valence-electron chi connectivity index (χ2n) is 5.62. The van der Waals surface area contributed by atoms with Gasteiger partial charge in [0.1, 0.15) is 5.75 Å². The SMILES string of the molecule is COc1cccc2c1CCNC1=C2C(=O)c2ccccc2C1=O. The van der Waals surface area contributed by atoms with Crippen molar-refractivity contribution in [2.45, 2.75) is 6.42 Å². The van der Waals surface area contributed by atoms with Gasteiger partial charge in [0.05, 0.1) is 18.4 Å². The zero-order valence-electron chi connectivity index (χ0n) is 12.7. The molecule has 23 heavy (non-hydrogen) atoms. The molecule has 0 amide bonds. The molecule has 0 fully saturated rings. The highest BCUT2D eigenvalue weighted by Gasteiger charge is 2.35. The molecule has 4 rings (SSSR count). The highest BCUT2D eigenvalue weighted by atomic mass is 16.5. The number of allylic oxidation sites excluding steroid dienone is 2. The Balaban J connectivity index is 2.01. The van der Waals surface area contributed by atoms with Crippen LogP contribution in [0.2, 0.25) is 0 Å². The lowest BCUT2D eigenvalue weighted by atomic mass is 9.83. The zero-order chi connectivity index (χ0) is 16.0. The smallest absolute Gasteiger partial charge is 0.210 e. The molecule has 2 aromatic rings. The van der Waals surface area contributed by atoms with Gasteiger partial charge in [-0.3, -0.25) is 9.59 Å². The number of hydrogen-bond donors (Lipinski definition) is 1. The molecule has 0 radical (unpaired) electrons. The van der Waals surface area contributed by atoms with E-state index in [0.717, 1.165) is 16.9 Å². The van der Waals surface area contributed by atoms with E-state index in [-0.39, 0.29) is 11.6 Å². The predicted octanol–water partition coefficient (Wildman–Crippen LogP) is 2.63. The third kappa shape index (κ3) is 1.91. The molecule has 0 saturated heterocycles. The van der Waals surface area contributed by atoms with Crippen molar-refractivity contribution in [3.05, 3.63) is 70.4 Å². The normalized spacial score (nSPS) is 16.0. The lowest BCUT2D eigenvalue weighted by Gasteiger charge is -2.21. The van der Waals surface area contributed by atoms with Crippen LogP contribution < -0.4 is 10.1 Å². The van der Waals surface area contributed by atoms with Crippen LogP contribution in [-0.4, -0.2) is 25.2 Å². The molecule has 1 N–H and O–H groups in total. The van der Waals surface area contributed by atoms with E-state index < -0.39 is 0 Å². The number of fused-ring (bicyclic) bond motifs is 3. The fourth-order valence-electron chi connectivity index (χ4n) is 3.36. The van der Waals surface area contributed by atoms with Crippen LogP contribution in [0.3, 0.4) is 0 Å². The summed E-state index contributed by atoms with van der Waals surface area (Å²) in [6, 6.07) is 12.6. The lowest BCUT2D eigenvalue weighted by molar-refractivity contribution is 0.0986. The summed E-state index contributed by atoms with van der Waals surface area (Å²) in [4.78, 5) is 25.8. The fraction of sp³-hybridized carbons (Fsp3) is 0.158. The molecule has 0 atom stereocenters. The number of Topliss-reactive ketones (excluding diaryl/α,β-unsaturated/α-hetero) is 2. The van der Waals surface area contributed by atoms with E-state index in [9.17, 15) is 9.59 Å². The number of benzene rings is 2. The first-order valence-electron chi connectivity index (χ1n) is 7.55. The molecular formula is C19H15NO3. The van der Waals surface area contributed by atoms with Crippen molar-refractivity contribution in [2.75, 3.05) is 13.7 Å². The maximum absolute atomic E-state index is 13.0. The van der Waals surface area contributed by atoms with E-state index in [2.05, 4.69) is 5.32 Å². The Morgan fingerprint density at radius 1 is 0.913 bits per heavy atom. The van der Waals surface area contributed by atoms with Crippen LogP contribution in [0.5, 0.6) is 5.75 Å². The fourth-order valence-corrected chi connectivity index (χ4v) is 3.36. The summed E-state index contributed by atoms with van der Waals surface area (Å²) in [5.41, 5.74) is 3.55. The molecule has 0 saturated carbocycles. The van der Waals surface area contributed by atoms with Crippen molar-refractivity contribution in [3.63, 3.8) is 0 Å². The van der Waals surface area contributed by atoms with Crippen LogP contribution in [0, 0.1) is 0 Å². The van der Waals surface area contributed by atoms with Gasteiger partial charge >= 0.3 is 0 Å². The summed E-state index contributed by atoms with van der Waals surface area (Å²) >= 11 is 0. The van der Waals surface area contributed by atoms with Gasteiger partial charge in [0.25, 0.3) is 0 Å². The van der Waals surface area contributed by atoms with Crippen LogP contribution in [0.1, 0.15) is 31.8 Å². The van der Waals surface area contributed by atoms with E-state index >= 15 is 0 Å². The number of hydrogen-bond acceptors (Lipinski definition) is 4. The Hall–Kier alpha value is -2.88. The van der Waals surface area contributed by atoms with Gasteiger partial charge in [-0.1, -0.05) is 36.4 Å². The molecule has 1 aliphatic carbocycles. The Kier molecular flexibility index (Phi) is 3.05. The molecular weight excluding hydrogens is 290 g/mol. The summed E-state index contributed by atoms with van der Waals surface area (Å²) in [6.07, 6.45) is 0.698. The van der Waals surface area contributed by atoms with E-state index in [4.69, 9.17) is 4.74 Å². The summed E-state index contributed by atoms with van der Waals surface area (Å²) in [7, 11) is 1.62. The van der Waals surface area contributed by atoms with Crippen LogP contribution in [0.4, 0.5) is 0 Å². The van der Waals surface area contributed by atoms with E-state index in [1.165, 1.54) is 0 Å². The maximum Gasteiger partial charge on any atom is 0.210 e. The third-order valence-corrected chi connectivity index (χ3v) is 4.42. The van der Waals surface area contributed by atoms with Gasteiger partial charge < -0.3 is 10.1 Å². The molecule has 0 unspecified atom stereocenters. The minimum atomic E-state index is -0.120. The van der Waals surface area contributed by atoms with Crippen LogP contribution in [0.15, 0.2) is 48.2 Å². The number of carbonyl (C=O) groups is 2. The summed E-state index contributed by atoms with van der Waals surface area (Å²) in [5, 5.41) is 3.16. The first-order valence-corrected chi connectivity index (χ1v) is 7.55. The molecule has 2 aromatic carbocycles. The number of ketones is 2. The number of carbonyl (C=O) groups excluding carboxylic acids is 2. The first kappa shape index (κ1) is 13.8. The topological polar surface area (TPSA) is 55.4 Å². The standard InChI is InChI=1S/C19H15NO3/c1-23-15-8-4-7-12-11(15)9-10-20-17-16(12)18(21)13-5-2-3-6-14(13)19(17)22/h2-8,20H,9-10H2,1H3. The van der Waals surface area contributed by atoms with Gasteiger partial charge in [0, 0.05) is 23.2 Å². The summed E-state index contributed by atoms with van der Waals surface area (Å²) < 4.78 is 5.43. The molecule has 1 heterocycles. The Morgan fingerprint density at radius 3 is 2.35 bits per heavy atom. The second-order valence-corrected chi connectivity index (χ2v) is 5.62. The maximum atomic E-state index is 13.0. The molecule has 4 heteroatoms. The van der Waals surface area contributed by atoms with Crippen molar-refractivity contribution >= 4 is 17.1 Å².